The Morgan fingerprint density at radius 3 is 2.53 bits per heavy atom. The molecule has 0 bridgehead atoms. The Bertz CT molecular complexity index is 445. The summed E-state index contributed by atoms with van der Waals surface area (Å²) in [6.45, 7) is 0.630. The van der Waals surface area contributed by atoms with Gasteiger partial charge in [0.1, 0.15) is 0 Å². The number of ether oxygens (including phenoxy) is 1. The van der Waals surface area contributed by atoms with Crippen molar-refractivity contribution in [2.45, 2.75) is 12.8 Å². The highest BCUT2D eigenvalue weighted by Gasteiger charge is 1.97. The smallest absolute Gasteiger partial charge is 0.233 e. The Morgan fingerprint density at radius 2 is 1.82 bits per heavy atom. The number of halogens is 1. The second kappa shape index (κ2) is 6.21. The first kappa shape index (κ1) is 11.9. The zero-order valence-corrected chi connectivity index (χ0v) is 10.1. The molecule has 0 saturated carbocycles. The number of hydrogen-bond acceptors (Lipinski definition) is 3. The molecule has 3 nitrogen and oxygen atoms in total. The lowest BCUT2D eigenvalue weighted by molar-refractivity contribution is 0.296. The molecule has 0 aliphatic heterocycles. The Labute approximate surface area is 105 Å². The molecular formula is C13H13ClN2O. The summed E-state index contributed by atoms with van der Waals surface area (Å²) in [5.74, 6) is 0.516. The van der Waals surface area contributed by atoms with Crippen LogP contribution in [0.15, 0.2) is 42.5 Å². The van der Waals surface area contributed by atoms with E-state index in [1.807, 2.05) is 18.2 Å². The van der Waals surface area contributed by atoms with Crippen LogP contribution in [0, 0.1) is 0 Å². The zero-order chi connectivity index (χ0) is 11.9. The minimum atomic E-state index is 0.377. The fourth-order valence-corrected chi connectivity index (χ4v) is 1.58. The fourth-order valence-electron chi connectivity index (χ4n) is 1.48. The maximum Gasteiger partial charge on any atom is 0.233 e. The fraction of sp³-hybridized carbons (Fsp3) is 0.231. The molecule has 0 saturated heterocycles. The Balaban J connectivity index is 1.71. The molecule has 4 heteroatoms. The minimum Gasteiger partial charge on any atom is -0.477 e. The maximum absolute atomic E-state index is 5.62. The number of aryl methyl sites for hydroxylation is 1. The SMILES string of the molecule is Clc1ccc(OCCCc2ccccc2)nn1. The highest BCUT2D eigenvalue weighted by atomic mass is 35.5. The second-order valence-corrected chi connectivity index (χ2v) is 4.02. The average Bonchev–Trinajstić information content (AvgIpc) is 2.38. The van der Waals surface area contributed by atoms with Crippen LogP contribution in [0.1, 0.15) is 12.0 Å². The van der Waals surface area contributed by atoms with Gasteiger partial charge in [0.05, 0.1) is 6.61 Å². The predicted octanol–water partition coefficient (Wildman–Crippen LogP) is 3.14. The summed E-state index contributed by atoms with van der Waals surface area (Å²) in [5.41, 5.74) is 1.32. The molecule has 0 atom stereocenters. The summed E-state index contributed by atoms with van der Waals surface area (Å²) < 4.78 is 5.45. The Morgan fingerprint density at radius 1 is 1.00 bits per heavy atom. The average molecular weight is 249 g/mol. The van der Waals surface area contributed by atoms with Gasteiger partial charge in [-0.15, -0.1) is 10.2 Å². The molecule has 0 spiro atoms. The van der Waals surface area contributed by atoms with Gasteiger partial charge in [-0.2, -0.15) is 0 Å². The molecule has 2 aromatic rings. The van der Waals surface area contributed by atoms with E-state index in [0.29, 0.717) is 17.6 Å². The summed E-state index contributed by atoms with van der Waals surface area (Å²) in [4.78, 5) is 0. The lowest BCUT2D eigenvalue weighted by atomic mass is 10.1. The van der Waals surface area contributed by atoms with Crippen LogP contribution in [0.3, 0.4) is 0 Å². The summed E-state index contributed by atoms with van der Waals surface area (Å²) in [7, 11) is 0. The molecule has 17 heavy (non-hydrogen) atoms. The number of rotatable bonds is 5. The van der Waals surface area contributed by atoms with Gasteiger partial charge in [0.15, 0.2) is 5.15 Å². The van der Waals surface area contributed by atoms with Crippen LogP contribution in [0.4, 0.5) is 0 Å². The quantitative estimate of drug-likeness (QED) is 0.763. The summed E-state index contributed by atoms with van der Waals surface area (Å²) in [6.07, 6.45) is 1.95. The van der Waals surface area contributed by atoms with Gasteiger partial charge < -0.3 is 4.74 Å². The van der Waals surface area contributed by atoms with Crippen molar-refractivity contribution in [2.75, 3.05) is 6.61 Å². The van der Waals surface area contributed by atoms with E-state index in [1.165, 1.54) is 5.56 Å². The van der Waals surface area contributed by atoms with Gasteiger partial charge in [0, 0.05) is 6.07 Å². The Hall–Kier alpha value is -1.61. The molecule has 0 aliphatic rings. The van der Waals surface area contributed by atoms with Crippen LogP contribution in [-0.4, -0.2) is 16.8 Å². The van der Waals surface area contributed by atoms with Crippen molar-refractivity contribution in [3.63, 3.8) is 0 Å². The molecule has 2 rings (SSSR count). The van der Waals surface area contributed by atoms with Crippen molar-refractivity contribution in [1.82, 2.24) is 10.2 Å². The number of benzene rings is 1. The second-order valence-electron chi connectivity index (χ2n) is 3.63. The van der Waals surface area contributed by atoms with Gasteiger partial charge in [-0.3, -0.25) is 0 Å². The molecule has 1 aromatic carbocycles. The van der Waals surface area contributed by atoms with Crippen molar-refractivity contribution < 1.29 is 4.74 Å². The first-order valence-electron chi connectivity index (χ1n) is 5.50. The van der Waals surface area contributed by atoms with Crippen LogP contribution in [0.25, 0.3) is 0 Å². The summed E-state index contributed by atoms with van der Waals surface area (Å²) >= 11 is 5.62. The van der Waals surface area contributed by atoms with E-state index >= 15 is 0 Å². The lowest BCUT2D eigenvalue weighted by Gasteiger charge is -2.04. The molecule has 1 heterocycles. The third-order valence-corrected chi connectivity index (χ3v) is 2.51. The molecule has 88 valence electrons. The first-order chi connectivity index (χ1) is 8.34. The molecule has 0 radical (unpaired) electrons. The molecule has 1 aromatic heterocycles. The van der Waals surface area contributed by atoms with Gasteiger partial charge in [-0.25, -0.2) is 0 Å². The number of aromatic nitrogens is 2. The third-order valence-electron chi connectivity index (χ3n) is 2.31. The van der Waals surface area contributed by atoms with Crippen molar-refractivity contribution >= 4 is 11.6 Å². The molecule has 0 aliphatic carbocycles. The van der Waals surface area contributed by atoms with Crippen LogP contribution in [0.2, 0.25) is 5.15 Å². The van der Waals surface area contributed by atoms with Crippen molar-refractivity contribution in [1.29, 1.82) is 0 Å². The highest BCUT2D eigenvalue weighted by molar-refractivity contribution is 6.29. The van der Waals surface area contributed by atoms with E-state index < -0.39 is 0 Å². The Kier molecular flexibility index (Phi) is 4.33. The van der Waals surface area contributed by atoms with E-state index in [-0.39, 0.29) is 0 Å². The predicted molar refractivity (Wildman–Crippen MR) is 67.3 cm³/mol. The molecular weight excluding hydrogens is 236 g/mol. The van der Waals surface area contributed by atoms with Gasteiger partial charge in [0.2, 0.25) is 5.88 Å². The largest absolute Gasteiger partial charge is 0.477 e. The molecule has 0 unspecified atom stereocenters. The number of hydrogen-bond donors (Lipinski definition) is 0. The lowest BCUT2D eigenvalue weighted by Crippen LogP contribution is -2.01. The standard InChI is InChI=1S/C13H13ClN2O/c14-12-8-9-13(16-15-12)17-10-4-7-11-5-2-1-3-6-11/h1-3,5-6,8-9H,4,7,10H2. The van der Waals surface area contributed by atoms with Crippen molar-refractivity contribution in [3.05, 3.63) is 53.2 Å². The van der Waals surface area contributed by atoms with E-state index in [4.69, 9.17) is 16.3 Å². The zero-order valence-electron chi connectivity index (χ0n) is 9.34. The van der Waals surface area contributed by atoms with E-state index in [2.05, 4.69) is 22.3 Å². The number of nitrogens with zero attached hydrogens (tertiary/aromatic N) is 2. The van der Waals surface area contributed by atoms with Crippen molar-refractivity contribution in [2.24, 2.45) is 0 Å². The normalized spacial score (nSPS) is 10.2. The minimum absolute atomic E-state index is 0.377. The van der Waals surface area contributed by atoms with Crippen LogP contribution in [-0.2, 0) is 6.42 Å². The molecule has 0 N–H and O–H groups in total. The topological polar surface area (TPSA) is 35.0 Å². The van der Waals surface area contributed by atoms with Crippen LogP contribution in [0.5, 0.6) is 5.88 Å². The van der Waals surface area contributed by atoms with Crippen LogP contribution < -0.4 is 4.74 Å². The van der Waals surface area contributed by atoms with Crippen molar-refractivity contribution in [3.8, 4) is 5.88 Å². The third kappa shape index (κ3) is 4.04. The van der Waals surface area contributed by atoms with Gasteiger partial charge in [-0.05, 0) is 24.5 Å². The van der Waals surface area contributed by atoms with Crippen LogP contribution >= 0.6 is 11.6 Å². The van der Waals surface area contributed by atoms with E-state index in [1.54, 1.807) is 12.1 Å². The van der Waals surface area contributed by atoms with Gasteiger partial charge >= 0.3 is 0 Å². The monoisotopic (exact) mass is 248 g/mol. The van der Waals surface area contributed by atoms with E-state index in [0.717, 1.165) is 12.8 Å². The summed E-state index contributed by atoms with van der Waals surface area (Å²) in [6, 6.07) is 13.7. The maximum atomic E-state index is 5.62. The summed E-state index contributed by atoms with van der Waals surface area (Å²) in [5, 5.41) is 7.90. The molecule has 0 fully saturated rings. The van der Waals surface area contributed by atoms with Gasteiger partial charge in [-0.1, -0.05) is 41.9 Å². The van der Waals surface area contributed by atoms with E-state index in [9.17, 15) is 0 Å². The molecule has 0 amide bonds. The van der Waals surface area contributed by atoms with Gasteiger partial charge in [0.25, 0.3) is 0 Å². The first-order valence-corrected chi connectivity index (χ1v) is 5.88. The highest BCUT2D eigenvalue weighted by Crippen LogP contribution is 2.09.